The molecule has 2 amide bonds. The number of rotatable bonds is 5. The van der Waals surface area contributed by atoms with Crippen molar-refractivity contribution in [3.05, 3.63) is 30.4 Å². The van der Waals surface area contributed by atoms with Crippen LogP contribution in [0.25, 0.3) is 5.52 Å². The van der Waals surface area contributed by atoms with Gasteiger partial charge in [0.25, 0.3) is 0 Å². The maximum Gasteiger partial charge on any atom is 0.410 e. The number of carbonyl (C=O) groups excluding carboxylic acids is 2. The van der Waals surface area contributed by atoms with Crippen LogP contribution in [0.2, 0.25) is 0 Å². The van der Waals surface area contributed by atoms with Crippen molar-refractivity contribution in [1.82, 2.24) is 19.6 Å². The highest BCUT2D eigenvalue weighted by molar-refractivity contribution is 8.00. The van der Waals surface area contributed by atoms with Crippen LogP contribution in [0.15, 0.2) is 29.4 Å². The topological polar surface area (TPSA) is 75.9 Å². The van der Waals surface area contributed by atoms with Crippen molar-refractivity contribution in [3.63, 3.8) is 0 Å². The van der Waals surface area contributed by atoms with Gasteiger partial charge >= 0.3 is 6.09 Å². The number of likely N-dealkylation sites (tertiary alicyclic amines) is 1. The van der Waals surface area contributed by atoms with Gasteiger partial charge in [-0.2, -0.15) is 0 Å². The Balaban J connectivity index is 1.41. The number of aromatic nitrogens is 2. The first-order valence-corrected chi connectivity index (χ1v) is 12.2. The molecule has 32 heavy (non-hydrogen) atoms. The zero-order valence-corrected chi connectivity index (χ0v) is 20.8. The highest BCUT2D eigenvalue weighted by Gasteiger charge is 2.61. The maximum atomic E-state index is 13.1. The SMILES string of the molecule is CC(C)Sc1cccn2c(C(C)(C)NC(=O)C3[C@H]4CN(C(=O)OC(C)(C)C)C[C@@H]34)ncc12. The number of carbonyl (C=O) groups is 2. The molecule has 2 aromatic heterocycles. The lowest BCUT2D eigenvalue weighted by Crippen LogP contribution is -2.45. The number of piperidine rings is 1. The molecule has 0 aromatic carbocycles. The van der Waals surface area contributed by atoms with Crippen molar-refractivity contribution in [2.75, 3.05) is 13.1 Å². The van der Waals surface area contributed by atoms with Gasteiger partial charge in [0.15, 0.2) is 0 Å². The van der Waals surface area contributed by atoms with Crippen LogP contribution in [-0.4, -0.2) is 50.2 Å². The third-order valence-electron chi connectivity index (χ3n) is 6.04. The number of ether oxygens (including phenoxy) is 1. The number of nitrogens with zero attached hydrogens (tertiary/aromatic N) is 3. The molecule has 7 nitrogen and oxygen atoms in total. The standard InChI is InChI=1S/C24H34N4O3S/c1-14(2)32-18-9-8-10-28-17(18)11-25-21(28)24(6,7)26-20(29)19-15-12-27(13-16(15)19)22(30)31-23(3,4)5/h8-11,14-16,19H,12-13H2,1-7H3,(H,26,29)/t15-,16+,19?. The van der Waals surface area contributed by atoms with Gasteiger partial charge in [0, 0.05) is 35.3 Å². The summed E-state index contributed by atoms with van der Waals surface area (Å²) in [4.78, 5) is 33.0. The minimum absolute atomic E-state index is 0.0401. The second-order valence-corrected chi connectivity index (χ2v) is 12.3. The van der Waals surface area contributed by atoms with Gasteiger partial charge in [-0.05, 0) is 58.6 Å². The number of nitrogens with one attached hydrogen (secondary N) is 1. The van der Waals surface area contributed by atoms with E-state index < -0.39 is 11.1 Å². The Labute approximate surface area is 194 Å². The van der Waals surface area contributed by atoms with Gasteiger partial charge in [-0.15, -0.1) is 11.8 Å². The summed E-state index contributed by atoms with van der Waals surface area (Å²) in [5.74, 6) is 1.23. The second-order valence-electron chi connectivity index (χ2n) is 10.7. The van der Waals surface area contributed by atoms with Crippen LogP contribution in [0.5, 0.6) is 0 Å². The fourth-order valence-electron chi connectivity index (χ4n) is 4.65. The van der Waals surface area contributed by atoms with E-state index in [0.29, 0.717) is 18.3 Å². The number of amides is 2. The zero-order valence-electron chi connectivity index (χ0n) is 20.0. The molecule has 0 bridgehead atoms. The Bertz CT molecular complexity index is 1030. The summed E-state index contributed by atoms with van der Waals surface area (Å²) < 4.78 is 7.54. The van der Waals surface area contributed by atoms with Gasteiger partial charge in [-0.3, -0.25) is 4.79 Å². The molecule has 2 aliphatic rings. The predicted molar refractivity (Wildman–Crippen MR) is 126 cm³/mol. The Morgan fingerprint density at radius 1 is 1.19 bits per heavy atom. The molecule has 1 aliphatic heterocycles. The van der Waals surface area contributed by atoms with E-state index in [1.54, 1.807) is 16.7 Å². The fourth-order valence-corrected chi connectivity index (χ4v) is 5.59. The Morgan fingerprint density at radius 2 is 1.84 bits per heavy atom. The Morgan fingerprint density at radius 3 is 2.44 bits per heavy atom. The predicted octanol–water partition coefficient (Wildman–Crippen LogP) is 4.30. The van der Waals surface area contributed by atoms with E-state index in [9.17, 15) is 9.59 Å². The minimum atomic E-state index is -0.619. The smallest absolute Gasteiger partial charge is 0.410 e. The van der Waals surface area contributed by atoms with Gasteiger partial charge in [-0.25, -0.2) is 9.78 Å². The average molecular weight is 459 g/mol. The largest absolute Gasteiger partial charge is 0.444 e. The highest BCUT2D eigenvalue weighted by Crippen LogP contribution is 2.52. The number of hydrogen-bond donors (Lipinski definition) is 1. The number of thioether (sulfide) groups is 1. The molecular weight excluding hydrogens is 424 g/mol. The summed E-state index contributed by atoms with van der Waals surface area (Å²) in [7, 11) is 0. The normalized spacial score (nSPS) is 22.9. The van der Waals surface area contributed by atoms with Crippen LogP contribution in [-0.2, 0) is 15.1 Å². The van der Waals surface area contributed by atoms with Crippen molar-refractivity contribution in [3.8, 4) is 0 Å². The van der Waals surface area contributed by atoms with Crippen molar-refractivity contribution >= 4 is 29.3 Å². The van der Waals surface area contributed by atoms with Gasteiger partial charge in [-0.1, -0.05) is 13.8 Å². The van der Waals surface area contributed by atoms with Crippen LogP contribution in [0.4, 0.5) is 4.79 Å². The number of hydrogen-bond acceptors (Lipinski definition) is 5. The van der Waals surface area contributed by atoms with Gasteiger partial charge < -0.3 is 19.4 Å². The van der Waals surface area contributed by atoms with Crippen molar-refractivity contribution < 1.29 is 14.3 Å². The molecule has 1 unspecified atom stereocenters. The zero-order chi connectivity index (χ0) is 23.4. The monoisotopic (exact) mass is 458 g/mol. The van der Waals surface area contributed by atoms with E-state index in [0.717, 1.165) is 11.3 Å². The van der Waals surface area contributed by atoms with E-state index in [1.807, 2.05) is 53.1 Å². The van der Waals surface area contributed by atoms with Crippen LogP contribution < -0.4 is 5.32 Å². The molecule has 0 radical (unpaired) electrons. The molecule has 1 saturated heterocycles. The first kappa shape index (κ1) is 23.0. The summed E-state index contributed by atoms with van der Waals surface area (Å²) in [6.45, 7) is 15.1. The molecular formula is C24H34N4O3S. The van der Waals surface area contributed by atoms with E-state index >= 15 is 0 Å². The van der Waals surface area contributed by atoms with E-state index in [2.05, 4.69) is 34.6 Å². The van der Waals surface area contributed by atoms with E-state index in [1.165, 1.54) is 4.90 Å². The molecule has 174 valence electrons. The van der Waals surface area contributed by atoms with Crippen LogP contribution in [0.3, 0.4) is 0 Å². The molecule has 1 aliphatic carbocycles. The summed E-state index contributed by atoms with van der Waals surface area (Å²) >= 11 is 1.81. The lowest BCUT2D eigenvalue weighted by Gasteiger charge is -2.27. The summed E-state index contributed by atoms with van der Waals surface area (Å²) in [5.41, 5.74) is -0.0720. The average Bonchev–Trinajstić information content (AvgIpc) is 3.01. The molecule has 0 spiro atoms. The Hall–Kier alpha value is -2.22. The lowest BCUT2D eigenvalue weighted by atomic mass is 10.0. The van der Waals surface area contributed by atoms with Crippen molar-refractivity contribution in [2.45, 2.75) is 69.8 Å². The first-order valence-electron chi connectivity index (χ1n) is 11.3. The molecule has 1 saturated carbocycles. The highest BCUT2D eigenvalue weighted by atomic mass is 32.2. The third kappa shape index (κ3) is 4.47. The molecule has 3 heterocycles. The van der Waals surface area contributed by atoms with E-state index in [-0.39, 0.29) is 29.8 Å². The number of fused-ring (bicyclic) bond motifs is 2. The number of imidazole rings is 1. The van der Waals surface area contributed by atoms with E-state index in [4.69, 9.17) is 4.74 Å². The molecule has 1 N–H and O–H groups in total. The summed E-state index contributed by atoms with van der Waals surface area (Å²) in [6, 6.07) is 4.14. The first-order chi connectivity index (χ1) is 14.9. The lowest BCUT2D eigenvalue weighted by molar-refractivity contribution is -0.125. The van der Waals surface area contributed by atoms with Gasteiger partial charge in [0.05, 0.1) is 17.3 Å². The van der Waals surface area contributed by atoms with Crippen LogP contribution >= 0.6 is 11.8 Å². The molecule has 8 heteroatoms. The quantitative estimate of drug-likeness (QED) is 0.676. The third-order valence-corrected chi connectivity index (χ3v) is 7.11. The van der Waals surface area contributed by atoms with Crippen molar-refractivity contribution in [2.24, 2.45) is 17.8 Å². The van der Waals surface area contributed by atoms with Gasteiger partial charge in [0.2, 0.25) is 5.91 Å². The molecule has 2 fully saturated rings. The fraction of sp³-hybridized carbons (Fsp3) is 0.625. The molecule has 4 rings (SSSR count). The maximum absolute atomic E-state index is 13.1. The Kier molecular flexibility index (Phi) is 5.72. The van der Waals surface area contributed by atoms with Crippen molar-refractivity contribution in [1.29, 1.82) is 0 Å². The summed E-state index contributed by atoms with van der Waals surface area (Å²) in [6.07, 6.45) is 3.60. The summed E-state index contributed by atoms with van der Waals surface area (Å²) in [5, 5.41) is 3.69. The minimum Gasteiger partial charge on any atom is -0.444 e. The van der Waals surface area contributed by atoms with Crippen LogP contribution in [0.1, 0.15) is 54.3 Å². The molecule has 3 atom stereocenters. The number of pyridine rings is 1. The van der Waals surface area contributed by atoms with Crippen LogP contribution in [0, 0.1) is 17.8 Å². The second kappa shape index (κ2) is 7.97. The van der Waals surface area contributed by atoms with Gasteiger partial charge in [0.1, 0.15) is 11.4 Å². The molecule has 2 aromatic rings.